The average Bonchev–Trinajstić information content (AvgIpc) is 2.62. The number of hydrogen-bond donors (Lipinski definition) is 1. The minimum absolute atomic E-state index is 0.117. The highest BCUT2D eigenvalue weighted by Crippen LogP contribution is 2.01. The molecule has 1 amide bonds. The van der Waals surface area contributed by atoms with E-state index in [2.05, 4.69) is 5.32 Å². The summed E-state index contributed by atoms with van der Waals surface area (Å²) < 4.78 is 5.15. The van der Waals surface area contributed by atoms with Crippen LogP contribution < -0.4 is 5.32 Å². The van der Waals surface area contributed by atoms with Crippen molar-refractivity contribution < 1.29 is 14.3 Å². The van der Waals surface area contributed by atoms with Crippen LogP contribution in [-0.4, -0.2) is 25.0 Å². The number of carbonyl (C=O) groups excluding carboxylic acids is 2. The summed E-state index contributed by atoms with van der Waals surface area (Å²) in [5.74, 6) is -0.449. The van der Waals surface area contributed by atoms with Gasteiger partial charge in [0, 0.05) is 19.4 Å². The van der Waals surface area contributed by atoms with Gasteiger partial charge in [0.25, 0.3) is 0 Å². The topological polar surface area (TPSA) is 55.4 Å². The Balaban J connectivity index is 1.53. The normalized spacial score (nSPS) is 10.2. The van der Waals surface area contributed by atoms with E-state index in [-0.39, 0.29) is 24.7 Å². The molecule has 0 fully saturated rings. The van der Waals surface area contributed by atoms with Gasteiger partial charge in [0.05, 0.1) is 13.0 Å². The molecule has 0 bridgehead atoms. The summed E-state index contributed by atoms with van der Waals surface area (Å²) in [5, 5.41) is 2.82. The smallest absolute Gasteiger partial charge is 0.306 e. The predicted octanol–water partition coefficient (Wildman–Crippen LogP) is 2.91. The fourth-order valence-corrected chi connectivity index (χ4v) is 2.29. The van der Waals surface area contributed by atoms with Crippen LogP contribution in [0.3, 0.4) is 0 Å². The molecule has 2 aromatic carbocycles. The predicted molar refractivity (Wildman–Crippen MR) is 93.5 cm³/mol. The van der Waals surface area contributed by atoms with Crippen LogP contribution in [0.2, 0.25) is 0 Å². The number of nitrogens with one attached hydrogen (secondary N) is 1. The second-order valence-corrected chi connectivity index (χ2v) is 5.54. The fourth-order valence-electron chi connectivity index (χ4n) is 2.29. The van der Waals surface area contributed by atoms with Crippen LogP contribution >= 0.6 is 0 Å². The largest absolute Gasteiger partial charge is 0.465 e. The zero-order valence-corrected chi connectivity index (χ0v) is 13.7. The number of hydrogen-bond acceptors (Lipinski definition) is 3. The maximum absolute atomic E-state index is 11.7. The molecule has 2 rings (SSSR count). The molecule has 126 valence electrons. The summed E-state index contributed by atoms with van der Waals surface area (Å²) in [6.45, 7) is 0.921. The van der Waals surface area contributed by atoms with Gasteiger partial charge in [-0.05, 0) is 17.5 Å². The second kappa shape index (κ2) is 10.2. The molecule has 0 aromatic heterocycles. The molecule has 24 heavy (non-hydrogen) atoms. The zero-order chi connectivity index (χ0) is 17.0. The van der Waals surface area contributed by atoms with Gasteiger partial charge >= 0.3 is 5.97 Å². The molecule has 0 radical (unpaired) electrons. The molecule has 0 saturated carbocycles. The first kappa shape index (κ1) is 17.7. The van der Waals surface area contributed by atoms with E-state index >= 15 is 0 Å². The molecule has 0 saturated heterocycles. The lowest BCUT2D eigenvalue weighted by Crippen LogP contribution is -2.26. The van der Waals surface area contributed by atoms with Gasteiger partial charge in [-0.25, -0.2) is 0 Å². The highest BCUT2D eigenvalue weighted by Gasteiger charge is 2.07. The minimum atomic E-state index is -0.329. The van der Waals surface area contributed by atoms with Gasteiger partial charge in [-0.15, -0.1) is 0 Å². The third kappa shape index (κ3) is 7.09. The maximum Gasteiger partial charge on any atom is 0.306 e. The van der Waals surface area contributed by atoms with Gasteiger partial charge in [-0.3, -0.25) is 9.59 Å². The van der Waals surface area contributed by atoms with Crippen LogP contribution in [0.4, 0.5) is 0 Å². The number of carbonyl (C=O) groups is 2. The molecule has 2 aromatic rings. The van der Waals surface area contributed by atoms with Crippen LogP contribution in [0.5, 0.6) is 0 Å². The van der Waals surface area contributed by atoms with Crippen LogP contribution in [0.25, 0.3) is 0 Å². The Labute approximate surface area is 142 Å². The molecule has 0 heterocycles. The summed E-state index contributed by atoms with van der Waals surface area (Å²) in [6.07, 6.45) is 1.76. The van der Waals surface area contributed by atoms with Gasteiger partial charge in [-0.2, -0.15) is 0 Å². The standard InChI is InChI=1S/C20H23NO3/c22-19(21-15-13-17-7-3-1-4-8-17)11-12-20(23)24-16-14-18-9-5-2-6-10-18/h1-10H,11-16H2,(H,21,22). The SMILES string of the molecule is O=C(CCC(=O)OCCc1ccccc1)NCCc1ccccc1. The van der Waals surface area contributed by atoms with Gasteiger partial charge in [-0.1, -0.05) is 60.7 Å². The third-order valence-corrected chi connectivity index (χ3v) is 3.63. The van der Waals surface area contributed by atoms with E-state index in [1.165, 1.54) is 5.56 Å². The minimum Gasteiger partial charge on any atom is -0.465 e. The summed E-state index contributed by atoms with van der Waals surface area (Å²) in [4.78, 5) is 23.3. The second-order valence-electron chi connectivity index (χ2n) is 5.54. The molecule has 0 unspecified atom stereocenters. The van der Waals surface area contributed by atoms with Gasteiger partial charge in [0.15, 0.2) is 0 Å². The summed E-state index contributed by atoms with van der Waals surface area (Å²) in [7, 11) is 0. The van der Waals surface area contributed by atoms with Gasteiger partial charge in [0.2, 0.25) is 5.91 Å². The van der Waals surface area contributed by atoms with Crippen molar-refractivity contribution in [2.75, 3.05) is 13.2 Å². The lowest BCUT2D eigenvalue weighted by Gasteiger charge is -2.06. The van der Waals surface area contributed by atoms with Gasteiger partial charge in [0.1, 0.15) is 0 Å². The van der Waals surface area contributed by atoms with Crippen molar-refractivity contribution in [2.45, 2.75) is 25.7 Å². The third-order valence-electron chi connectivity index (χ3n) is 3.63. The monoisotopic (exact) mass is 325 g/mol. The van der Waals surface area contributed by atoms with Gasteiger partial charge < -0.3 is 10.1 Å². The molecule has 0 aliphatic carbocycles. The zero-order valence-electron chi connectivity index (χ0n) is 13.7. The Bertz CT molecular complexity index is 568. The van der Waals surface area contributed by atoms with E-state index in [4.69, 9.17) is 4.74 Å². The van der Waals surface area contributed by atoms with Crippen molar-refractivity contribution >= 4 is 11.9 Å². The van der Waals surface area contributed by atoms with Crippen molar-refractivity contribution in [3.63, 3.8) is 0 Å². The number of amides is 1. The Kier molecular flexibility index (Phi) is 7.54. The number of esters is 1. The highest BCUT2D eigenvalue weighted by atomic mass is 16.5. The quantitative estimate of drug-likeness (QED) is 0.721. The van der Waals surface area contributed by atoms with E-state index in [0.717, 1.165) is 12.0 Å². The molecule has 0 atom stereocenters. The Morgan fingerprint density at radius 3 is 2.00 bits per heavy atom. The molecule has 4 nitrogen and oxygen atoms in total. The molecular weight excluding hydrogens is 302 g/mol. The summed E-state index contributed by atoms with van der Waals surface area (Å²) >= 11 is 0. The summed E-state index contributed by atoms with van der Waals surface area (Å²) in [5.41, 5.74) is 2.31. The molecule has 0 spiro atoms. The average molecular weight is 325 g/mol. The maximum atomic E-state index is 11.7. The first-order chi connectivity index (χ1) is 11.7. The molecule has 0 aliphatic heterocycles. The van der Waals surface area contributed by atoms with Crippen LogP contribution in [0.15, 0.2) is 60.7 Å². The Morgan fingerprint density at radius 2 is 1.38 bits per heavy atom. The van der Waals surface area contributed by atoms with Crippen molar-refractivity contribution in [1.82, 2.24) is 5.32 Å². The molecular formula is C20H23NO3. The number of rotatable bonds is 9. The van der Waals surface area contributed by atoms with E-state index in [1.807, 2.05) is 60.7 Å². The molecule has 4 heteroatoms. The fraction of sp³-hybridized carbons (Fsp3) is 0.300. The van der Waals surface area contributed by atoms with Crippen molar-refractivity contribution in [3.05, 3.63) is 71.8 Å². The van der Waals surface area contributed by atoms with Crippen molar-refractivity contribution in [3.8, 4) is 0 Å². The first-order valence-electron chi connectivity index (χ1n) is 8.24. The van der Waals surface area contributed by atoms with Crippen LogP contribution in [0.1, 0.15) is 24.0 Å². The Hall–Kier alpha value is -2.62. The van der Waals surface area contributed by atoms with E-state index in [1.54, 1.807) is 0 Å². The van der Waals surface area contributed by atoms with E-state index < -0.39 is 0 Å². The Morgan fingerprint density at radius 1 is 0.792 bits per heavy atom. The van der Waals surface area contributed by atoms with E-state index in [9.17, 15) is 9.59 Å². The molecule has 0 aliphatic rings. The number of ether oxygens (including phenoxy) is 1. The number of benzene rings is 2. The van der Waals surface area contributed by atoms with Crippen LogP contribution in [-0.2, 0) is 27.2 Å². The van der Waals surface area contributed by atoms with Crippen LogP contribution in [0, 0.1) is 0 Å². The van der Waals surface area contributed by atoms with Crippen molar-refractivity contribution in [2.24, 2.45) is 0 Å². The van der Waals surface area contributed by atoms with E-state index in [0.29, 0.717) is 19.6 Å². The van der Waals surface area contributed by atoms with Crippen molar-refractivity contribution in [1.29, 1.82) is 0 Å². The summed E-state index contributed by atoms with van der Waals surface area (Å²) in [6, 6.07) is 19.8. The lowest BCUT2D eigenvalue weighted by molar-refractivity contribution is -0.144. The highest BCUT2D eigenvalue weighted by molar-refractivity contribution is 5.81. The lowest BCUT2D eigenvalue weighted by atomic mass is 10.1. The first-order valence-corrected chi connectivity index (χ1v) is 8.24. The molecule has 1 N–H and O–H groups in total.